The molecule has 3 aromatic heterocycles. The van der Waals surface area contributed by atoms with Crippen molar-refractivity contribution in [2.75, 3.05) is 4.90 Å². The van der Waals surface area contributed by atoms with Crippen molar-refractivity contribution in [1.29, 1.82) is 0 Å². The molecule has 0 unspecified atom stereocenters. The Balaban J connectivity index is 0.944. The van der Waals surface area contributed by atoms with E-state index in [1.165, 1.54) is 0 Å². The van der Waals surface area contributed by atoms with Crippen LogP contribution in [0.5, 0.6) is 0 Å². The van der Waals surface area contributed by atoms with Gasteiger partial charge in [-0.2, -0.15) is 0 Å². The minimum atomic E-state index is 0.0895. The van der Waals surface area contributed by atoms with Gasteiger partial charge in [-0.05, 0) is 105 Å². The Morgan fingerprint density at radius 2 is 0.603 bits per heavy atom. The first kappa shape index (κ1) is 49.9. The summed E-state index contributed by atoms with van der Waals surface area (Å²) in [5.74, 6) is 0. The number of fused-ring (bicyclic) bond motifs is 9. The zero-order valence-electron chi connectivity index (χ0n) is 41.5. The second-order valence-electron chi connectivity index (χ2n) is 19.4. The summed E-state index contributed by atoms with van der Waals surface area (Å²) >= 11 is 0. The van der Waals surface area contributed by atoms with E-state index in [9.17, 15) is 0 Å². The van der Waals surface area contributed by atoms with Crippen LogP contribution >= 0.6 is 0 Å². The first-order chi connectivity index (χ1) is 37.5. The molecule has 28 radical (unpaired) electrons. The molecule has 0 bridgehead atoms. The highest BCUT2D eigenvalue weighted by Gasteiger charge is 2.25. The molecule has 78 heavy (non-hydrogen) atoms. The Morgan fingerprint density at radius 3 is 1.08 bits per heavy atom. The third-order valence-electron chi connectivity index (χ3n) is 15.1. The monoisotopic (exact) mass is 959 g/mol. The van der Waals surface area contributed by atoms with Crippen molar-refractivity contribution in [3.8, 4) is 44.5 Å². The van der Waals surface area contributed by atoms with Gasteiger partial charge >= 0.3 is 0 Å². The summed E-state index contributed by atoms with van der Waals surface area (Å²) < 4.78 is 18.6. The van der Waals surface area contributed by atoms with Gasteiger partial charge in [-0.3, -0.25) is 0 Å². The maximum atomic E-state index is 6.84. The van der Waals surface area contributed by atoms with Gasteiger partial charge in [-0.15, -0.1) is 32.8 Å². The minimum Gasteiger partial charge on any atom is -0.457 e. The van der Waals surface area contributed by atoms with Gasteiger partial charge in [0.15, 0.2) is 0 Å². The molecule has 328 valence electrons. The van der Waals surface area contributed by atoms with E-state index in [0.717, 1.165) is 61.3 Å². The Kier molecular flexibility index (Phi) is 11.8. The molecule has 0 saturated heterocycles. The molecule has 0 saturated carbocycles. The molecule has 13 rings (SSSR count). The quantitative estimate of drug-likeness (QED) is 0.221. The average Bonchev–Trinajstić information content (AvgIpc) is 4.35. The molecule has 0 aliphatic carbocycles. The summed E-state index contributed by atoms with van der Waals surface area (Å²) in [7, 11) is 91.4. The van der Waals surface area contributed by atoms with Crippen LogP contribution in [0, 0.1) is 0 Å². The minimum absolute atomic E-state index is 0.0895. The van der Waals surface area contributed by atoms with Gasteiger partial charge in [0, 0.05) is 49.4 Å². The normalized spacial score (nSPS) is 11.8. The van der Waals surface area contributed by atoms with Crippen LogP contribution in [0.4, 0.5) is 17.1 Å². The van der Waals surface area contributed by atoms with Crippen molar-refractivity contribution in [2.24, 2.45) is 0 Å². The summed E-state index contributed by atoms with van der Waals surface area (Å²) in [5, 5.41) is 3.92. The van der Waals surface area contributed by atoms with E-state index in [0.29, 0.717) is 43.8 Å². The molecular formula is C60H23B14NO3. The van der Waals surface area contributed by atoms with Crippen molar-refractivity contribution in [1.82, 2.24) is 0 Å². The fraction of sp³-hybridized carbons (Fsp3) is 0. The number of anilines is 3. The van der Waals surface area contributed by atoms with Crippen molar-refractivity contribution >= 4 is 269 Å². The summed E-state index contributed by atoms with van der Waals surface area (Å²) in [5.41, 5.74) is 13.4. The number of benzene rings is 10. The lowest BCUT2D eigenvalue weighted by atomic mass is 9.64. The van der Waals surface area contributed by atoms with Crippen LogP contribution in [0.25, 0.3) is 110 Å². The second kappa shape index (κ2) is 18.5. The van der Waals surface area contributed by atoms with Crippen LogP contribution in [-0.2, 0) is 0 Å². The zero-order valence-corrected chi connectivity index (χ0v) is 41.5. The molecule has 13 aromatic rings. The van der Waals surface area contributed by atoms with Crippen molar-refractivity contribution < 1.29 is 13.3 Å². The lowest BCUT2D eigenvalue weighted by Gasteiger charge is -2.27. The van der Waals surface area contributed by atoms with Gasteiger partial charge in [-0.25, -0.2) is 0 Å². The molecule has 0 aliphatic rings. The Morgan fingerprint density at radius 1 is 0.244 bits per heavy atom. The van der Waals surface area contributed by atoms with E-state index >= 15 is 0 Å². The molecular weight excluding hydrogens is 934 g/mol. The Hall–Kier alpha value is -7.69. The van der Waals surface area contributed by atoms with Crippen LogP contribution in [-0.4, -0.2) is 110 Å². The van der Waals surface area contributed by atoms with Gasteiger partial charge in [0.05, 0.1) is 0 Å². The SMILES string of the molecule is [B]c1c([B])c([B])c2c(oc3c([B])c([B])c([B])c(-c4ccc(N(c5ccc(-c6cccc(-c7ccc8oc9ccccc9c8c7)c6)cc5)c5ccc(-c6c([B])c([B])c([B])c7oc8c([B])c([B])c([B])c([B])c8c67)cc5)cc4)c32)c1[B]. The summed E-state index contributed by atoms with van der Waals surface area (Å²) in [4.78, 5) is 2.11. The Bertz CT molecular complexity index is 4520. The zero-order chi connectivity index (χ0) is 54.3. The lowest BCUT2D eigenvalue weighted by molar-refractivity contribution is 0.669. The maximum Gasteiger partial charge on any atom is 0.135 e. The van der Waals surface area contributed by atoms with E-state index in [2.05, 4.69) is 71.6 Å². The third kappa shape index (κ3) is 7.41. The molecule has 0 atom stereocenters. The third-order valence-corrected chi connectivity index (χ3v) is 15.1. The molecule has 3 heterocycles. The molecule has 0 N–H and O–H groups in total. The van der Waals surface area contributed by atoms with Crippen molar-refractivity contribution in [2.45, 2.75) is 0 Å². The highest BCUT2D eigenvalue weighted by molar-refractivity contribution is 6.70. The number of furan rings is 3. The predicted octanol–water partition coefficient (Wildman–Crippen LogP) is 0.636. The summed E-state index contributed by atoms with van der Waals surface area (Å²) in [6, 6.07) is 46.7. The molecule has 10 aromatic carbocycles. The second-order valence-corrected chi connectivity index (χ2v) is 19.4. The topological polar surface area (TPSA) is 42.7 Å². The fourth-order valence-corrected chi connectivity index (χ4v) is 11.0. The molecule has 0 aliphatic heterocycles. The van der Waals surface area contributed by atoms with Crippen LogP contribution in [0.1, 0.15) is 0 Å². The van der Waals surface area contributed by atoms with Crippen LogP contribution in [0.2, 0.25) is 0 Å². The number of hydrogen-bond donors (Lipinski definition) is 0. The number of nitrogens with zero attached hydrogens (tertiary/aromatic N) is 1. The average molecular weight is 957 g/mol. The predicted molar refractivity (Wildman–Crippen MR) is 340 cm³/mol. The first-order valence-corrected chi connectivity index (χ1v) is 24.5. The van der Waals surface area contributed by atoms with Gasteiger partial charge in [0.25, 0.3) is 0 Å². The van der Waals surface area contributed by atoms with Gasteiger partial charge < -0.3 is 18.2 Å². The van der Waals surface area contributed by atoms with E-state index in [4.69, 9.17) is 123 Å². The maximum absolute atomic E-state index is 6.84. The molecule has 18 heteroatoms. The van der Waals surface area contributed by atoms with E-state index in [-0.39, 0.29) is 98.8 Å². The van der Waals surface area contributed by atoms with E-state index < -0.39 is 0 Å². The fourth-order valence-electron chi connectivity index (χ4n) is 11.0. The molecule has 0 amide bonds. The summed E-state index contributed by atoms with van der Waals surface area (Å²) in [6.45, 7) is 0. The van der Waals surface area contributed by atoms with Crippen LogP contribution < -0.4 is 81.4 Å². The number of hydrogen-bond acceptors (Lipinski definition) is 4. The number of rotatable bonds is 7. The summed E-state index contributed by atoms with van der Waals surface area (Å²) in [6.07, 6.45) is 0. The smallest absolute Gasteiger partial charge is 0.135 e. The molecule has 0 spiro atoms. The van der Waals surface area contributed by atoms with Gasteiger partial charge in [-0.1, -0.05) is 123 Å². The largest absolute Gasteiger partial charge is 0.457 e. The molecule has 4 nitrogen and oxygen atoms in total. The van der Waals surface area contributed by atoms with Crippen LogP contribution in [0.3, 0.4) is 0 Å². The Labute approximate surface area is 468 Å². The highest BCUT2D eigenvalue weighted by atomic mass is 16.3. The highest BCUT2D eigenvalue weighted by Crippen LogP contribution is 2.41. The van der Waals surface area contributed by atoms with Gasteiger partial charge in [0.1, 0.15) is 143 Å². The number of para-hydroxylation sites is 1. The van der Waals surface area contributed by atoms with Crippen LogP contribution in [0.15, 0.2) is 153 Å². The first-order valence-electron chi connectivity index (χ1n) is 24.5. The van der Waals surface area contributed by atoms with E-state index in [1.807, 2.05) is 72.8 Å². The van der Waals surface area contributed by atoms with E-state index in [1.54, 1.807) is 0 Å². The van der Waals surface area contributed by atoms with Gasteiger partial charge in [0.2, 0.25) is 0 Å². The van der Waals surface area contributed by atoms with Crippen molar-refractivity contribution in [3.05, 3.63) is 140 Å². The van der Waals surface area contributed by atoms with Crippen molar-refractivity contribution in [3.63, 3.8) is 0 Å². The molecule has 0 fully saturated rings. The lowest BCUT2D eigenvalue weighted by Crippen LogP contribution is -2.47. The standard InChI is InChI=1S/C60H23B14NO3/c61-43-37(39-41-45(63)47(65)51(69)55(73)59(41)77-57(39)53(71)49(43)67)25-10-17-31(18-11-25)75(30-15-8-24(9-16-30)27-4-3-5-28(22-27)29-14-21-36-34(23-29)33-6-1-2-7-35(33)76-36)32-19-12-26(13-20-32)38-40-42-46(64)48(66)52(70)56(74)60(42)78-58(40)54(72)50(68)44(38)62/h1-23H.